The molecule has 0 saturated heterocycles. The molecule has 0 unspecified atom stereocenters. The molecule has 0 aliphatic heterocycles. The minimum Gasteiger partial charge on any atom is -0.445 e. The first-order chi connectivity index (χ1) is 19.1. The van der Waals surface area contributed by atoms with Crippen LogP contribution in [0.25, 0.3) is 0 Å². The quantitative estimate of drug-likeness (QED) is 0.109. The van der Waals surface area contributed by atoms with Crippen molar-refractivity contribution in [3.8, 4) is 0 Å². The summed E-state index contributed by atoms with van der Waals surface area (Å²) in [6.07, 6.45) is 2.10. The van der Waals surface area contributed by atoms with E-state index in [0.29, 0.717) is 5.69 Å². The highest BCUT2D eigenvalue weighted by atomic mass is 32.1. The van der Waals surface area contributed by atoms with Crippen LogP contribution in [0.15, 0.2) is 42.9 Å². The molecule has 0 spiro atoms. The lowest BCUT2D eigenvalue weighted by Crippen LogP contribution is -2.54. The molecule has 0 radical (unpaired) electrons. The van der Waals surface area contributed by atoms with Gasteiger partial charge in [0.2, 0.25) is 29.5 Å². The first kappa shape index (κ1) is 31.6. The fourth-order valence-corrected chi connectivity index (χ4v) is 3.40. The molecule has 1 aromatic heterocycles. The van der Waals surface area contributed by atoms with Crippen molar-refractivity contribution in [1.29, 1.82) is 0 Å². The van der Waals surface area contributed by atoms with Crippen LogP contribution in [0, 0.1) is 0 Å². The number of primary amides is 1. The predicted molar refractivity (Wildman–Crippen MR) is 144 cm³/mol. The third-order valence-corrected chi connectivity index (χ3v) is 5.65. The average molecular weight is 577 g/mol. The van der Waals surface area contributed by atoms with Gasteiger partial charge in [-0.05, 0) is 12.5 Å². The zero-order valence-electron chi connectivity index (χ0n) is 21.6. The van der Waals surface area contributed by atoms with Gasteiger partial charge in [-0.25, -0.2) is 9.78 Å². The third-order valence-electron chi connectivity index (χ3n) is 5.28. The lowest BCUT2D eigenvalue weighted by Gasteiger charge is -2.20. The number of amides is 6. The fraction of sp³-hybridized carbons (Fsp3) is 0.375. The fourth-order valence-electron chi connectivity index (χ4n) is 3.13. The highest BCUT2D eigenvalue weighted by Gasteiger charge is 2.26. The van der Waals surface area contributed by atoms with E-state index < -0.39 is 66.8 Å². The summed E-state index contributed by atoms with van der Waals surface area (Å²) in [4.78, 5) is 79.4. The number of aromatic nitrogens is 2. The number of benzene rings is 1. The summed E-state index contributed by atoms with van der Waals surface area (Å²) in [7, 11) is 0. The van der Waals surface area contributed by atoms with Crippen molar-refractivity contribution in [2.24, 2.45) is 5.73 Å². The second kappa shape index (κ2) is 16.4. The van der Waals surface area contributed by atoms with Gasteiger partial charge in [0.25, 0.3) is 0 Å². The second-order valence-electron chi connectivity index (χ2n) is 8.47. The number of thiol groups is 1. The number of hydrogen-bond donors (Lipinski definition) is 8. The topological polar surface area (TPSA) is 226 Å². The summed E-state index contributed by atoms with van der Waals surface area (Å²) < 4.78 is 5.19. The summed E-state index contributed by atoms with van der Waals surface area (Å²) in [5.74, 6) is -3.52. The maximum absolute atomic E-state index is 12.9. The molecule has 3 atom stereocenters. The van der Waals surface area contributed by atoms with Crippen molar-refractivity contribution in [3.63, 3.8) is 0 Å². The Morgan fingerprint density at radius 3 is 2.27 bits per heavy atom. The number of nitrogens with zero attached hydrogens (tertiary/aromatic N) is 1. The van der Waals surface area contributed by atoms with Crippen LogP contribution in [-0.2, 0) is 41.7 Å². The van der Waals surface area contributed by atoms with E-state index in [-0.39, 0.29) is 18.8 Å². The van der Waals surface area contributed by atoms with Crippen LogP contribution in [0.2, 0.25) is 0 Å². The highest BCUT2D eigenvalue weighted by Crippen LogP contribution is 2.03. The number of nitrogens with two attached hydrogens (primary N) is 1. The Morgan fingerprint density at radius 2 is 1.65 bits per heavy atom. The summed E-state index contributed by atoms with van der Waals surface area (Å²) in [5.41, 5.74) is 6.42. The molecule has 0 aliphatic carbocycles. The van der Waals surface area contributed by atoms with Crippen LogP contribution < -0.4 is 32.3 Å². The molecule has 2 aromatic rings. The van der Waals surface area contributed by atoms with Crippen molar-refractivity contribution < 1.29 is 33.5 Å². The highest BCUT2D eigenvalue weighted by molar-refractivity contribution is 7.80. The molecule has 0 saturated carbocycles. The minimum absolute atomic E-state index is 0.00544. The van der Waals surface area contributed by atoms with E-state index in [1.165, 1.54) is 19.4 Å². The molecule has 2 rings (SSSR count). The van der Waals surface area contributed by atoms with Crippen LogP contribution in [0.5, 0.6) is 0 Å². The van der Waals surface area contributed by atoms with Gasteiger partial charge in [0, 0.05) is 24.1 Å². The largest absolute Gasteiger partial charge is 0.445 e. The molecule has 0 aliphatic rings. The van der Waals surface area contributed by atoms with E-state index in [1.807, 2.05) is 6.07 Å². The maximum atomic E-state index is 12.9. The van der Waals surface area contributed by atoms with E-state index in [1.54, 1.807) is 24.3 Å². The normalized spacial score (nSPS) is 12.7. The second-order valence-corrected chi connectivity index (χ2v) is 8.83. The SMILES string of the molecule is C[C@H](NC(=O)[C@H](Cc1cnc[nH]1)NC(=O)OCc1ccccc1)C(=O)NCC(=O)NCC(=O)N[C@@H](CS)C(N)=O. The molecule has 6 amide bonds. The van der Waals surface area contributed by atoms with Crippen molar-refractivity contribution in [2.75, 3.05) is 18.8 Å². The van der Waals surface area contributed by atoms with Crippen LogP contribution in [-0.4, -0.2) is 82.6 Å². The Bertz CT molecular complexity index is 1160. The smallest absolute Gasteiger partial charge is 0.408 e. The molecule has 0 bridgehead atoms. The van der Waals surface area contributed by atoms with Crippen LogP contribution >= 0.6 is 12.6 Å². The summed E-state index contributed by atoms with van der Waals surface area (Å²) in [6.45, 7) is 0.440. The van der Waals surface area contributed by atoms with Gasteiger partial charge in [-0.15, -0.1) is 0 Å². The van der Waals surface area contributed by atoms with E-state index in [9.17, 15) is 28.8 Å². The Labute approximate surface area is 235 Å². The number of rotatable bonds is 15. The van der Waals surface area contributed by atoms with Crippen molar-refractivity contribution in [3.05, 3.63) is 54.1 Å². The number of ether oxygens (including phenoxy) is 1. The minimum atomic E-state index is -1.11. The summed E-state index contributed by atoms with van der Waals surface area (Å²) >= 11 is 3.90. The van der Waals surface area contributed by atoms with Crippen molar-refractivity contribution in [2.45, 2.75) is 38.1 Å². The summed E-state index contributed by atoms with van der Waals surface area (Å²) in [6, 6.07) is 5.79. The average Bonchev–Trinajstić information content (AvgIpc) is 3.45. The molecule has 216 valence electrons. The van der Waals surface area contributed by atoms with Gasteiger partial charge in [-0.3, -0.25) is 24.0 Å². The Kier molecular flexibility index (Phi) is 12.9. The zero-order chi connectivity index (χ0) is 29.5. The van der Waals surface area contributed by atoms with E-state index >= 15 is 0 Å². The molecule has 1 aromatic carbocycles. The standard InChI is InChI=1S/C24H32N8O7S/c1-14(22(36)28-9-19(33)27-10-20(34)31-18(12-40)21(25)35)30-23(37)17(7-16-8-26-13-29-16)32-24(38)39-11-15-5-3-2-4-6-15/h2-6,8,13-14,17-18,40H,7,9-12H2,1H3,(H2,25,35)(H,26,29)(H,27,33)(H,28,36)(H,30,37)(H,31,34)(H,32,38)/t14-,17-,18-/m0/s1. The van der Waals surface area contributed by atoms with Gasteiger partial charge < -0.3 is 42.0 Å². The van der Waals surface area contributed by atoms with Gasteiger partial charge in [0.1, 0.15) is 24.7 Å². The van der Waals surface area contributed by atoms with Gasteiger partial charge in [0.15, 0.2) is 0 Å². The molecular weight excluding hydrogens is 544 g/mol. The summed E-state index contributed by atoms with van der Waals surface area (Å²) in [5, 5.41) is 11.9. The number of nitrogens with one attached hydrogen (secondary N) is 6. The number of hydrogen-bond acceptors (Lipinski definition) is 9. The lowest BCUT2D eigenvalue weighted by molar-refractivity contribution is -0.131. The first-order valence-electron chi connectivity index (χ1n) is 12.1. The van der Waals surface area contributed by atoms with E-state index in [2.05, 4.69) is 49.2 Å². The van der Waals surface area contributed by atoms with Gasteiger partial charge in [-0.2, -0.15) is 12.6 Å². The number of alkyl carbamates (subject to hydrolysis) is 1. The van der Waals surface area contributed by atoms with Crippen molar-refractivity contribution >= 4 is 48.3 Å². The molecular formula is C24H32N8O7S. The Morgan fingerprint density at radius 1 is 0.950 bits per heavy atom. The molecule has 0 fully saturated rings. The number of carbonyl (C=O) groups is 6. The van der Waals surface area contributed by atoms with Gasteiger partial charge in [-0.1, -0.05) is 30.3 Å². The monoisotopic (exact) mass is 576 g/mol. The molecule has 15 nitrogen and oxygen atoms in total. The van der Waals surface area contributed by atoms with Crippen LogP contribution in [0.1, 0.15) is 18.2 Å². The van der Waals surface area contributed by atoms with Crippen LogP contribution in [0.4, 0.5) is 4.79 Å². The first-order valence-corrected chi connectivity index (χ1v) is 12.7. The third kappa shape index (κ3) is 11.4. The number of carbonyl (C=O) groups excluding carboxylic acids is 6. The van der Waals surface area contributed by atoms with E-state index in [0.717, 1.165) is 5.56 Å². The Balaban J connectivity index is 1.83. The Hall–Kier alpha value is -4.60. The van der Waals surface area contributed by atoms with Crippen LogP contribution in [0.3, 0.4) is 0 Å². The molecule has 40 heavy (non-hydrogen) atoms. The lowest BCUT2D eigenvalue weighted by atomic mass is 10.1. The number of aromatic amines is 1. The predicted octanol–water partition coefficient (Wildman–Crippen LogP) is -2.12. The number of imidazole rings is 1. The van der Waals surface area contributed by atoms with Gasteiger partial charge >= 0.3 is 6.09 Å². The zero-order valence-corrected chi connectivity index (χ0v) is 22.5. The van der Waals surface area contributed by atoms with E-state index in [4.69, 9.17) is 10.5 Å². The van der Waals surface area contributed by atoms with Gasteiger partial charge in [0.05, 0.1) is 19.4 Å². The maximum Gasteiger partial charge on any atom is 0.408 e. The van der Waals surface area contributed by atoms with Crippen molar-refractivity contribution in [1.82, 2.24) is 36.6 Å². The molecule has 8 N–H and O–H groups in total. The molecule has 1 heterocycles. The number of H-pyrrole nitrogens is 1. The molecule has 16 heteroatoms.